The lowest BCUT2D eigenvalue weighted by molar-refractivity contribution is -0.385. The molecule has 0 saturated carbocycles. The molecule has 2 aromatic rings. The second kappa shape index (κ2) is 9.56. The number of carbonyl (C=O) groups is 2. The summed E-state index contributed by atoms with van der Waals surface area (Å²) in [4.78, 5) is 39.8. The fraction of sp³-hybridized carbons (Fsp3) is 0.419. The average molecular weight is 569 g/mol. The summed E-state index contributed by atoms with van der Waals surface area (Å²) in [5.41, 5.74) is 1.36. The molecular weight excluding hydrogens is 537 g/mol. The maximum absolute atomic E-state index is 13.6. The molecule has 0 saturated heterocycles. The van der Waals surface area contributed by atoms with Crippen LogP contribution in [0.4, 0.5) is 18.9 Å². The lowest BCUT2D eigenvalue weighted by Crippen LogP contribution is -2.43. The Balaban J connectivity index is 1.55. The molecule has 0 bridgehead atoms. The van der Waals surface area contributed by atoms with E-state index < -0.39 is 28.3 Å². The zero-order chi connectivity index (χ0) is 30.1. The maximum atomic E-state index is 13.6. The van der Waals surface area contributed by atoms with Gasteiger partial charge >= 0.3 is 11.9 Å². The van der Waals surface area contributed by atoms with Crippen LogP contribution in [-0.4, -0.2) is 28.4 Å². The minimum absolute atomic E-state index is 0.00186. The standard InChI is InChI=1S/C31H31F3N2O5/c1-29(2)13-21-27(23(37)15-29)26(28-22(35(21)5)14-30(3,4)16-24(28)38)17-6-9-19(10-7-17)41-25-11-8-18(31(32,33)34)12-20(25)36(39)40/h6-12,26H,13-16H2,1-5H3. The molecular formula is C31H31F3N2O5. The van der Waals surface area contributed by atoms with Crippen LogP contribution >= 0.6 is 0 Å². The smallest absolute Gasteiger partial charge is 0.416 e. The van der Waals surface area contributed by atoms with Crippen molar-refractivity contribution in [2.24, 2.45) is 10.8 Å². The van der Waals surface area contributed by atoms with Crippen molar-refractivity contribution in [2.75, 3.05) is 7.05 Å². The number of ether oxygens (including phenoxy) is 1. The van der Waals surface area contributed by atoms with Crippen molar-refractivity contribution in [1.29, 1.82) is 0 Å². The number of Topliss-reactive ketones (excluding diaryl/α,β-unsaturated/α-hetero) is 2. The lowest BCUT2D eigenvalue weighted by Gasteiger charge is -2.47. The Morgan fingerprint density at radius 1 is 0.878 bits per heavy atom. The minimum atomic E-state index is -4.74. The summed E-state index contributed by atoms with van der Waals surface area (Å²) >= 11 is 0. The van der Waals surface area contributed by atoms with Crippen molar-refractivity contribution in [3.05, 3.63) is 86.2 Å². The molecule has 0 unspecified atom stereocenters. The molecule has 0 amide bonds. The van der Waals surface area contributed by atoms with Crippen LogP contribution in [0.15, 0.2) is 65.0 Å². The Labute approximate surface area is 235 Å². The van der Waals surface area contributed by atoms with Crippen molar-refractivity contribution in [3.63, 3.8) is 0 Å². The van der Waals surface area contributed by atoms with E-state index in [0.717, 1.165) is 23.5 Å². The highest BCUT2D eigenvalue weighted by atomic mass is 19.4. The van der Waals surface area contributed by atoms with Crippen LogP contribution in [0.2, 0.25) is 0 Å². The lowest BCUT2D eigenvalue weighted by atomic mass is 9.64. The fourth-order valence-electron chi connectivity index (χ4n) is 6.28. The van der Waals surface area contributed by atoms with Crippen molar-refractivity contribution >= 4 is 17.3 Å². The van der Waals surface area contributed by atoms with E-state index in [4.69, 9.17) is 4.74 Å². The molecule has 0 N–H and O–H groups in total. The SMILES string of the molecule is CN1C2=C(C(=O)CC(C)(C)C2)C(c2ccc(Oc3ccc(C(F)(F)F)cc3[N+](=O)[O-])cc2)C2=C1CC(C)(C)CC2=O. The van der Waals surface area contributed by atoms with Crippen molar-refractivity contribution in [2.45, 2.75) is 65.5 Å². The van der Waals surface area contributed by atoms with E-state index in [1.807, 2.05) is 11.9 Å². The number of allylic oxidation sites excluding steroid dienone is 4. The fourth-order valence-corrected chi connectivity index (χ4v) is 6.28. The van der Waals surface area contributed by atoms with Crippen molar-refractivity contribution in [1.82, 2.24) is 4.90 Å². The van der Waals surface area contributed by atoms with E-state index in [0.29, 0.717) is 48.5 Å². The number of nitro benzene ring substituents is 1. The van der Waals surface area contributed by atoms with Gasteiger partial charge in [0.15, 0.2) is 11.6 Å². The van der Waals surface area contributed by atoms with Gasteiger partial charge in [0.2, 0.25) is 5.75 Å². The molecule has 1 aliphatic heterocycles. The van der Waals surface area contributed by atoms with Gasteiger partial charge in [-0.1, -0.05) is 39.8 Å². The van der Waals surface area contributed by atoms with E-state index in [1.54, 1.807) is 24.3 Å². The maximum Gasteiger partial charge on any atom is 0.416 e. The number of nitrogens with zero attached hydrogens (tertiary/aromatic N) is 2. The molecule has 10 heteroatoms. The molecule has 2 aromatic carbocycles. The van der Waals surface area contributed by atoms with E-state index in [2.05, 4.69) is 27.7 Å². The highest BCUT2D eigenvalue weighted by Crippen LogP contribution is 2.54. The molecule has 1 heterocycles. The first-order valence-electron chi connectivity index (χ1n) is 13.4. The molecule has 7 nitrogen and oxygen atoms in total. The van der Waals surface area contributed by atoms with E-state index in [9.17, 15) is 32.9 Å². The zero-order valence-corrected chi connectivity index (χ0v) is 23.5. The van der Waals surface area contributed by atoms with Crippen LogP contribution in [-0.2, 0) is 15.8 Å². The molecule has 3 aliphatic rings. The topological polar surface area (TPSA) is 89.8 Å². The number of alkyl halides is 3. The molecule has 0 atom stereocenters. The summed E-state index contributed by atoms with van der Waals surface area (Å²) in [6.07, 6.45) is -2.65. The number of ketones is 2. The van der Waals surface area contributed by atoms with Crippen molar-refractivity contribution in [3.8, 4) is 11.5 Å². The van der Waals surface area contributed by atoms with E-state index >= 15 is 0 Å². The second-order valence-electron chi connectivity index (χ2n) is 12.7. The summed E-state index contributed by atoms with van der Waals surface area (Å²) in [6.45, 7) is 8.24. The van der Waals surface area contributed by atoms with Gasteiger partial charge < -0.3 is 9.64 Å². The van der Waals surface area contributed by atoms with Crippen LogP contribution in [0.5, 0.6) is 11.5 Å². The highest BCUT2D eigenvalue weighted by Gasteiger charge is 2.48. The van der Waals surface area contributed by atoms with Crippen LogP contribution in [0.25, 0.3) is 0 Å². The molecule has 0 aromatic heterocycles. The summed E-state index contributed by atoms with van der Waals surface area (Å²) in [5, 5.41) is 11.5. The molecule has 216 valence electrons. The Morgan fingerprint density at radius 3 is 1.85 bits per heavy atom. The molecule has 2 aliphatic carbocycles. The van der Waals surface area contributed by atoms with Crippen molar-refractivity contribution < 1.29 is 32.4 Å². The van der Waals surface area contributed by atoms with Gasteiger partial charge in [-0.3, -0.25) is 19.7 Å². The molecule has 0 radical (unpaired) electrons. The third kappa shape index (κ3) is 5.27. The first-order valence-corrected chi connectivity index (χ1v) is 13.4. The summed E-state index contributed by atoms with van der Waals surface area (Å²) in [7, 11) is 1.93. The average Bonchev–Trinajstić information content (AvgIpc) is 2.84. The first-order chi connectivity index (χ1) is 19.0. The molecule has 41 heavy (non-hydrogen) atoms. The predicted molar refractivity (Wildman–Crippen MR) is 145 cm³/mol. The largest absolute Gasteiger partial charge is 0.450 e. The van der Waals surface area contributed by atoms with Gasteiger partial charge in [0.05, 0.1) is 10.5 Å². The number of benzene rings is 2. The van der Waals surface area contributed by atoms with E-state index in [-0.39, 0.29) is 33.9 Å². The van der Waals surface area contributed by atoms with Gasteiger partial charge in [0.1, 0.15) is 5.75 Å². The Hall–Kier alpha value is -3.95. The predicted octanol–water partition coefficient (Wildman–Crippen LogP) is 7.72. The Bertz CT molecular complexity index is 1480. The van der Waals surface area contributed by atoms with Crippen LogP contribution in [0, 0.1) is 20.9 Å². The molecule has 0 fully saturated rings. The normalized spacial score (nSPS) is 20.6. The zero-order valence-electron chi connectivity index (χ0n) is 23.5. The Kier molecular flexibility index (Phi) is 6.67. The molecule has 5 rings (SSSR count). The highest BCUT2D eigenvalue weighted by molar-refractivity contribution is 6.06. The van der Waals surface area contributed by atoms with Gasteiger partial charge in [0.25, 0.3) is 0 Å². The van der Waals surface area contributed by atoms with Gasteiger partial charge in [-0.2, -0.15) is 13.2 Å². The Morgan fingerprint density at radius 2 is 1.39 bits per heavy atom. The van der Waals surface area contributed by atoms with Gasteiger partial charge in [0, 0.05) is 54.4 Å². The number of rotatable bonds is 4. The van der Waals surface area contributed by atoms with Crippen LogP contribution < -0.4 is 4.74 Å². The number of nitro groups is 1. The first kappa shape index (κ1) is 28.6. The number of carbonyl (C=O) groups excluding carboxylic acids is 2. The second-order valence-corrected chi connectivity index (χ2v) is 12.7. The van der Waals surface area contributed by atoms with Gasteiger partial charge in [-0.15, -0.1) is 0 Å². The monoisotopic (exact) mass is 568 g/mol. The third-order valence-electron chi connectivity index (χ3n) is 8.10. The number of hydrogen-bond acceptors (Lipinski definition) is 6. The van der Waals surface area contributed by atoms with Crippen LogP contribution in [0.3, 0.4) is 0 Å². The number of hydrogen-bond donors (Lipinski definition) is 0. The quantitative estimate of drug-likeness (QED) is 0.277. The van der Waals surface area contributed by atoms with Crippen LogP contribution in [0.1, 0.15) is 70.4 Å². The van der Waals surface area contributed by atoms with E-state index in [1.165, 1.54) is 0 Å². The minimum Gasteiger partial charge on any atom is -0.450 e. The summed E-state index contributed by atoms with van der Waals surface area (Å²) < 4.78 is 44.9. The number of halogens is 3. The third-order valence-corrected chi connectivity index (χ3v) is 8.10. The molecule has 0 spiro atoms. The summed E-state index contributed by atoms with van der Waals surface area (Å²) in [6, 6.07) is 8.59. The van der Waals surface area contributed by atoms with Gasteiger partial charge in [-0.05, 0) is 53.5 Å². The van der Waals surface area contributed by atoms with Gasteiger partial charge in [-0.25, -0.2) is 0 Å². The summed E-state index contributed by atoms with van der Waals surface area (Å²) in [5.74, 6) is -0.728.